The maximum absolute atomic E-state index is 3.71. The van der Waals surface area contributed by atoms with Crippen LogP contribution in [0.15, 0.2) is 24.3 Å². The third-order valence-corrected chi connectivity index (χ3v) is 4.28. The molecule has 0 saturated heterocycles. The Bertz CT molecular complexity index is 372. The monoisotopic (exact) mass is 245 g/mol. The molecule has 1 aromatic carbocycles. The highest BCUT2D eigenvalue weighted by molar-refractivity contribution is 5.41. The minimum Gasteiger partial charge on any atom is -0.314 e. The van der Waals surface area contributed by atoms with Gasteiger partial charge in [-0.05, 0) is 36.4 Å². The largest absolute Gasteiger partial charge is 0.314 e. The smallest absolute Gasteiger partial charge is 0.0141 e. The van der Waals surface area contributed by atoms with Gasteiger partial charge in [-0.15, -0.1) is 0 Å². The first-order valence-electron chi connectivity index (χ1n) is 7.57. The SMILES string of the molecule is CCCC(C)CC(NCC)C1Cc2ccccc21. The van der Waals surface area contributed by atoms with Crippen LogP contribution in [-0.2, 0) is 6.42 Å². The van der Waals surface area contributed by atoms with Gasteiger partial charge in [-0.3, -0.25) is 0 Å². The zero-order valence-electron chi connectivity index (χ0n) is 12.1. The summed E-state index contributed by atoms with van der Waals surface area (Å²) in [6.07, 6.45) is 5.25. The summed E-state index contributed by atoms with van der Waals surface area (Å²) in [5, 5.41) is 3.71. The highest BCUT2D eigenvalue weighted by Crippen LogP contribution is 2.39. The van der Waals surface area contributed by atoms with Crippen molar-refractivity contribution in [1.82, 2.24) is 5.32 Å². The number of fused-ring (bicyclic) bond motifs is 1. The van der Waals surface area contributed by atoms with E-state index in [1.165, 1.54) is 25.7 Å². The van der Waals surface area contributed by atoms with Crippen molar-refractivity contribution in [2.75, 3.05) is 6.54 Å². The summed E-state index contributed by atoms with van der Waals surface area (Å²) in [4.78, 5) is 0. The van der Waals surface area contributed by atoms with E-state index in [2.05, 4.69) is 50.4 Å². The van der Waals surface area contributed by atoms with Gasteiger partial charge < -0.3 is 5.32 Å². The van der Waals surface area contributed by atoms with Gasteiger partial charge in [0.2, 0.25) is 0 Å². The Morgan fingerprint density at radius 2 is 2.06 bits per heavy atom. The molecule has 0 saturated carbocycles. The lowest BCUT2D eigenvalue weighted by molar-refractivity contribution is 0.326. The minimum absolute atomic E-state index is 0.673. The van der Waals surface area contributed by atoms with E-state index < -0.39 is 0 Å². The molecule has 2 rings (SSSR count). The van der Waals surface area contributed by atoms with E-state index >= 15 is 0 Å². The van der Waals surface area contributed by atoms with Gasteiger partial charge in [0.05, 0.1) is 0 Å². The van der Waals surface area contributed by atoms with Crippen molar-refractivity contribution in [3.05, 3.63) is 35.4 Å². The van der Waals surface area contributed by atoms with Crippen LogP contribution in [0.4, 0.5) is 0 Å². The van der Waals surface area contributed by atoms with E-state index in [0.717, 1.165) is 18.4 Å². The topological polar surface area (TPSA) is 12.0 Å². The molecule has 0 spiro atoms. The molecule has 1 nitrogen and oxygen atoms in total. The molecular weight excluding hydrogens is 218 g/mol. The molecule has 0 aromatic heterocycles. The van der Waals surface area contributed by atoms with Gasteiger partial charge in [-0.2, -0.15) is 0 Å². The summed E-state index contributed by atoms with van der Waals surface area (Å²) in [7, 11) is 0. The van der Waals surface area contributed by atoms with Crippen LogP contribution in [0.1, 0.15) is 57.1 Å². The third-order valence-electron chi connectivity index (χ3n) is 4.28. The molecule has 0 radical (unpaired) electrons. The van der Waals surface area contributed by atoms with Crippen LogP contribution in [0.25, 0.3) is 0 Å². The number of hydrogen-bond donors (Lipinski definition) is 1. The average molecular weight is 245 g/mol. The van der Waals surface area contributed by atoms with E-state index in [9.17, 15) is 0 Å². The zero-order valence-corrected chi connectivity index (χ0v) is 12.1. The van der Waals surface area contributed by atoms with Crippen molar-refractivity contribution in [2.45, 2.75) is 58.4 Å². The number of hydrogen-bond acceptors (Lipinski definition) is 1. The highest BCUT2D eigenvalue weighted by Gasteiger charge is 2.32. The van der Waals surface area contributed by atoms with Gasteiger partial charge in [0.1, 0.15) is 0 Å². The maximum Gasteiger partial charge on any atom is 0.0141 e. The minimum atomic E-state index is 0.673. The fourth-order valence-corrected chi connectivity index (χ4v) is 3.35. The second-order valence-electron chi connectivity index (χ2n) is 5.80. The standard InChI is InChI=1S/C17H27N/c1-4-8-13(3)11-17(18-5-2)16-12-14-9-6-7-10-15(14)16/h6-7,9-10,13,16-18H,4-5,8,11-12H2,1-3H3. The Hall–Kier alpha value is -0.820. The van der Waals surface area contributed by atoms with Crippen molar-refractivity contribution < 1.29 is 0 Å². The van der Waals surface area contributed by atoms with Crippen LogP contribution in [0.5, 0.6) is 0 Å². The first-order chi connectivity index (χ1) is 8.76. The van der Waals surface area contributed by atoms with Crippen molar-refractivity contribution in [3.63, 3.8) is 0 Å². The lowest BCUT2D eigenvalue weighted by Gasteiger charge is -2.38. The summed E-state index contributed by atoms with van der Waals surface area (Å²) in [6.45, 7) is 8.00. The van der Waals surface area contributed by atoms with Crippen molar-refractivity contribution in [2.24, 2.45) is 5.92 Å². The predicted molar refractivity (Wildman–Crippen MR) is 79.0 cm³/mol. The third kappa shape index (κ3) is 2.95. The Morgan fingerprint density at radius 3 is 2.72 bits per heavy atom. The van der Waals surface area contributed by atoms with Gasteiger partial charge in [-0.25, -0.2) is 0 Å². The second kappa shape index (κ2) is 6.38. The highest BCUT2D eigenvalue weighted by atomic mass is 14.9. The lowest BCUT2D eigenvalue weighted by Crippen LogP contribution is -2.41. The second-order valence-corrected chi connectivity index (χ2v) is 5.80. The van der Waals surface area contributed by atoms with Crippen molar-refractivity contribution >= 4 is 0 Å². The fraction of sp³-hybridized carbons (Fsp3) is 0.647. The molecule has 3 atom stereocenters. The molecule has 3 unspecified atom stereocenters. The van der Waals surface area contributed by atoms with Crippen molar-refractivity contribution in [1.29, 1.82) is 0 Å². The predicted octanol–water partition coefficient (Wildman–Crippen LogP) is 4.13. The average Bonchev–Trinajstić information content (AvgIpc) is 2.31. The molecule has 0 aliphatic heterocycles. The van der Waals surface area contributed by atoms with E-state index in [-0.39, 0.29) is 0 Å². The summed E-state index contributed by atoms with van der Waals surface area (Å²) < 4.78 is 0. The molecule has 1 aliphatic rings. The zero-order chi connectivity index (χ0) is 13.0. The Morgan fingerprint density at radius 1 is 1.28 bits per heavy atom. The van der Waals surface area contributed by atoms with Crippen molar-refractivity contribution in [3.8, 4) is 0 Å². The lowest BCUT2D eigenvalue weighted by atomic mass is 9.71. The Balaban J connectivity index is 1.99. The molecule has 0 heterocycles. The van der Waals surface area contributed by atoms with Crippen LogP contribution in [-0.4, -0.2) is 12.6 Å². The summed E-state index contributed by atoms with van der Waals surface area (Å²) in [6, 6.07) is 9.62. The van der Waals surface area contributed by atoms with E-state index in [1.54, 1.807) is 11.1 Å². The van der Waals surface area contributed by atoms with Crippen LogP contribution in [0.3, 0.4) is 0 Å². The molecule has 1 heteroatoms. The van der Waals surface area contributed by atoms with Gasteiger partial charge >= 0.3 is 0 Å². The molecule has 18 heavy (non-hydrogen) atoms. The van der Waals surface area contributed by atoms with Gasteiger partial charge in [0, 0.05) is 12.0 Å². The molecule has 1 aromatic rings. The van der Waals surface area contributed by atoms with Crippen LogP contribution >= 0.6 is 0 Å². The fourth-order valence-electron chi connectivity index (χ4n) is 3.35. The first kappa shape index (κ1) is 13.6. The summed E-state index contributed by atoms with van der Waals surface area (Å²) in [5.41, 5.74) is 3.15. The van der Waals surface area contributed by atoms with Crippen LogP contribution in [0.2, 0.25) is 0 Å². The Labute approximate surface area is 112 Å². The quantitative estimate of drug-likeness (QED) is 0.761. The summed E-state index contributed by atoms with van der Waals surface area (Å²) >= 11 is 0. The Kier molecular flexibility index (Phi) is 4.82. The summed E-state index contributed by atoms with van der Waals surface area (Å²) in [5.74, 6) is 1.59. The van der Waals surface area contributed by atoms with E-state index in [4.69, 9.17) is 0 Å². The molecule has 0 fully saturated rings. The number of benzene rings is 1. The number of nitrogens with one attached hydrogen (secondary N) is 1. The molecule has 1 aliphatic carbocycles. The first-order valence-corrected chi connectivity index (χ1v) is 7.57. The van der Waals surface area contributed by atoms with E-state index in [1.807, 2.05) is 0 Å². The van der Waals surface area contributed by atoms with Crippen LogP contribution in [0, 0.1) is 5.92 Å². The molecular formula is C17H27N. The van der Waals surface area contributed by atoms with Gasteiger partial charge in [0.25, 0.3) is 0 Å². The molecule has 0 amide bonds. The number of rotatable bonds is 7. The molecule has 100 valence electrons. The van der Waals surface area contributed by atoms with Gasteiger partial charge in [-0.1, -0.05) is 57.9 Å². The molecule has 1 N–H and O–H groups in total. The maximum atomic E-state index is 3.71. The van der Waals surface area contributed by atoms with Gasteiger partial charge in [0.15, 0.2) is 0 Å². The van der Waals surface area contributed by atoms with Crippen LogP contribution < -0.4 is 5.32 Å². The van der Waals surface area contributed by atoms with E-state index in [0.29, 0.717) is 6.04 Å². The number of likely N-dealkylation sites (N-methyl/N-ethyl adjacent to an activating group) is 1. The molecule has 0 bridgehead atoms. The normalized spacial score (nSPS) is 20.9.